The standard InChI is InChI=1S/C14H15F3N4OS/c1-8-12(9(2)22)13(20-10(3)19-8)23-6-11-18-4-5-21(11)7-14(15,16)17/h4-5H,6-7H2,1-3H3. The average molecular weight is 344 g/mol. The number of ketones is 1. The average Bonchev–Trinajstić information content (AvgIpc) is 2.79. The summed E-state index contributed by atoms with van der Waals surface area (Å²) in [5.74, 6) is 0.784. The van der Waals surface area contributed by atoms with E-state index in [1.807, 2.05) is 0 Å². The number of thioether (sulfide) groups is 1. The monoisotopic (exact) mass is 344 g/mol. The first-order chi connectivity index (χ1) is 10.7. The number of carbonyl (C=O) groups is 1. The second-order valence-electron chi connectivity index (χ2n) is 4.97. The third-order valence-electron chi connectivity index (χ3n) is 3.01. The van der Waals surface area contributed by atoms with Crippen molar-refractivity contribution in [2.75, 3.05) is 0 Å². The SMILES string of the molecule is CC(=O)c1c(C)nc(C)nc1SCc1nccn1CC(F)(F)F. The van der Waals surface area contributed by atoms with Crippen molar-refractivity contribution in [3.63, 3.8) is 0 Å². The quantitative estimate of drug-likeness (QED) is 0.473. The number of alkyl halides is 3. The van der Waals surface area contributed by atoms with E-state index in [1.165, 1.54) is 31.1 Å². The Morgan fingerprint density at radius 1 is 1.30 bits per heavy atom. The minimum absolute atomic E-state index is 0.177. The molecule has 0 fully saturated rings. The zero-order valence-electron chi connectivity index (χ0n) is 12.8. The number of carbonyl (C=O) groups excluding carboxylic acids is 1. The Kier molecular flexibility index (Phi) is 5.08. The van der Waals surface area contributed by atoms with Gasteiger partial charge in [0.15, 0.2) is 5.78 Å². The van der Waals surface area contributed by atoms with Crippen LogP contribution in [0.1, 0.15) is 34.6 Å². The third kappa shape index (κ3) is 4.54. The van der Waals surface area contributed by atoms with Crippen LogP contribution in [-0.2, 0) is 12.3 Å². The molecule has 0 aliphatic rings. The van der Waals surface area contributed by atoms with Gasteiger partial charge in [0, 0.05) is 12.4 Å². The van der Waals surface area contributed by atoms with Crippen LogP contribution in [0.15, 0.2) is 17.4 Å². The van der Waals surface area contributed by atoms with E-state index in [0.717, 1.165) is 4.57 Å². The van der Waals surface area contributed by atoms with Crippen LogP contribution in [0.25, 0.3) is 0 Å². The van der Waals surface area contributed by atoms with Gasteiger partial charge in [-0.05, 0) is 20.8 Å². The predicted octanol–water partition coefficient (Wildman–Crippen LogP) is 3.35. The first-order valence-corrected chi connectivity index (χ1v) is 7.71. The van der Waals surface area contributed by atoms with E-state index in [9.17, 15) is 18.0 Å². The summed E-state index contributed by atoms with van der Waals surface area (Å²) in [4.78, 5) is 24.1. The highest BCUT2D eigenvalue weighted by Gasteiger charge is 2.29. The molecule has 0 bridgehead atoms. The fraction of sp³-hybridized carbons (Fsp3) is 0.429. The first-order valence-electron chi connectivity index (χ1n) is 6.73. The minimum atomic E-state index is -4.31. The summed E-state index contributed by atoms with van der Waals surface area (Å²) < 4.78 is 38.6. The van der Waals surface area contributed by atoms with Gasteiger partial charge in [-0.3, -0.25) is 4.79 Å². The molecule has 2 aromatic heterocycles. The molecule has 23 heavy (non-hydrogen) atoms. The molecule has 9 heteroatoms. The molecule has 0 unspecified atom stereocenters. The highest BCUT2D eigenvalue weighted by Crippen LogP contribution is 2.27. The summed E-state index contributed by atoms with van der Waals surface area (Å²) in [5, 5.41) is 0.462. The van der Waals surface area contributed by atoms with Crippen LogP contribution in [0.3, 0.4) is 0 Å². The van der Waals surface area contributed by atoms with Gasteiger partial charge in [-0.25, -0.2) is 15.0 Å². The molecule has 0 aliphatic carbocycles. The van der Waals surface area contributed by atoms with E-state index < -0.39 is 12.7 Å². The van der Waals surface area contributed by atoms with Gasteiger partial charge in [-0.15, -0.1) is 0 Å². The van der Waals surface area contributed by atoms with Gasteiger partial charge in [0.25, 0.3) is 0 Å². The highest BCUT2D eigenvalue weighted by molar-refractivity contribution is 7.98. The predicted molar refractivity (Wildman–Crippen MR) is 79.4 cm³/mol. The molecule has 5 nitrogen and oxygen atoms in total. The lowest BCUT2D eigenvalue weighted by molar-refractivity contribution is -0.140. The number of aromatic nitrogens is 4. The summed E-state index contributed by atoms with van der Waals surface area (Å²) in [7, 11) is 0. The third-order valence-corrected chi connectivity index (χ3v) is 3.98. The van der Waals surface area contributed by atoms with E-state index >= 15 is 0 Å². The van der Waals surface area contributed by atoms with E-state index in [-0.39, 0.29) is 17.4 Å². The molecule has 2 aromatic rings. The number of nitrogens with zero attached hydrogens (tertiary/aromatic N) is 4. The van der Waals surface area contributed by atoms with Gasteiger partial charge >= 0.3 is 6.18 Å². The molecule has 0 amide bonds. The largest absolute Gasteiger partial charge is 0.406 e. The van der Waals surface area contributed by atoms with Gasteiger partial charge < -0.3 is 4.57 Å². The van der Waals surface area contributed by atoms with Crippen LogP contribution in [0.5, 0.6) is 0 Å². The molecule has 2 rings (SSSR count). The summed E-state index contributed by atoms with van der Waals surface area (Å²) in [6.07, 6.45) is -1.71. The number of imidazole rings is 1. The summed E-state index contributed by atoms with van der Waals surface area (Å²) >= 11 is 1.18. The van der Waals surface area contributed by atoms with Crippen LogP contribution in [0, 0.1) is 13.8 Å². The van der Waals surface area contributed by atoms with Crippen LogP contribution in [0.4, 0.5) is 13.2 Å². The normalized spacial score (nSPS) is 11.7. The fourth-order valence-electron chi connectivity index (χ4n) is 2.14. The highest BCUT2D eigenvalue weighted by atomic mass is 32.2. The maximum absolute atomic E-state index is 12.5. The smallest absolute Gasteiger partial charge is 0.325 e. The van der Waals surface area contributed by atoms with Gasteiger partial charge in [0.05, 0.1) is 17.0 Å². The molecule has 0 aromatic carbocycles. The fourth-order valence-corrected chi connectivity index (χ4v) is 3.28. The van der Waals surface area contributed by atoms with Crippen molar-refractivity contribution in [2.45, 2.75) is 44.3 Å². The number of hydrogen-bond acceptors (Lipinski definition) is 5. The molecule has 0 saturated heterocycles. The van der Waals surface area contributed by atoms with Gasteiger partial charge in [0.1, 0.15) is 23.2 Å². The number of hydrogen-bond donors (Lipinski definition) is 0. The van der Waals surface area contributed by atoms with E-state index in [1.54, 1.807) is 13.8 Å². The minimum Gasteiger partial charge on any atom is -0.325 e. The molecule has 0 aliphatic heterocycles. The molecule has 2 heterocycles. The Labute approximate surface area is 135 Å². The van der Waals surface area contributed by atoms with E-state index in [2.05, 4.69) is 15.0 Å². The zero-order valence-corrected chi connectivity index (χ0v) is 13.6. The van der Waals surface area contributed by atoms with Crippen molar-refractivity contribution in [1.29, 1.82) is 0 Å². The number of aryl methyl sites for hydroxylation is 2. The Hall–Kier alpha value is -1.90. The molecular formula is C14H15F3N4OS. The zero-order chi connectivity index (χ0) is 17.2. The molecule has 0 radical (unpaired) electrons. The molecule has 0 spiro atoms. The van der Waals surface area contributed by atoms with E-state index in [4.69, 9.17) is 0 Å². The Balaban J connectivity index is 2.22. The van der Waals surface area contributed by atoms with Crippen molar-refractivity contribution < 1.29 is 18.0 Å². The maximum Gasteiger partial charge on any atom is 0.406 e. The molecule has 0 atom stereocenters. The topological polar surface area (TPSA) is 60.7 Å². The Morgan fingerprint density at radius 3 is 2.61 bits per heavy atom. The lowest BCUT2D eigenvalue weighted by atomic mass is 10.2. The summed E-state index contributed by atoms with van der Waals surface area (Å²) in [6.45, 7) is 3.73. The number of Topliss-reactive ketones (excluding diaryl/α,β-unsaturated/α-hetero) is 1. The summed E-state index contributed by atoms with van der Waals surface area (Å²) in [6, 6.07) is 0. The van der Waals surface area contributed by atoms with E-state index in [0.29, 0.717) is 22.1 Å². The Morgan fingerprint density at radius 2 is 2.00 bits per heavy atom. The first kappa shape index (κ1) is 17.5. The second-order valence-corrected chi connectivity index (χ2v) is 5.93. The van der Waals surface area contributed by atoms with Crippen molar-refractivity contribution in [2.24, 2.45) is 0 Å². The molecule has 0 N–H and O–H groups in total. The summed E-state index contributed by atoms with van der Waals surface area (Å²) in [5.41, 5.74) is 0.959. The molecule has 124 valence electrons. The van der Waals surface area contributed by atoms with Crippen LogP contribution >= 0.6 is 11.8 Å². The van der Waals surface area contributed by atoms with Crippen molar-refractivity contribution in [3.8, 4) is 0 Å². The van der Waals surface area contributed by atoms with Gasteiger partial charge in [-0.1, -0.05) is 11.8 Å². The van der Waals surface area contributed by atoms with Gasteiger partial charge in [0.2, 0.25) is 0 Å². The Bertz CT molecular complexity index is 727. The van der Waals surface area contributed by atoms with Crippen molar-refractivity contribution >= 4 is 17.5 Å². The lowest BCUT2D eigenvalue weighted by Gasteiger charge is -2.12. The van der Waals surface area contributed by atoms with Gasteiger partial charge in [-0.2, -0.15) is 13.2 Å². The van der Waals surface area contributed by atoms with Crippen LogP contribution in [-0.4, -0.2) is 31.5 Å². The number of halogens is 3. The van der Waals surface area contributed by atoms with Crippen molar-refractivity contribution in [3.05, 3.63) is 35.3 Å². The lowest BCUT2D eigenvalue weighted by Crippen LogP contribution is -2.18. The van der Waals surface area contributed by atoms with Crippen LogP contribution < -0.4 is 0 Å². The van der Waals surface area contributed by atoms with Crippen molar-refractivity contribution in [1.82, 2.24) is 19.5 Å². The molecular weight excluding hydrogens is 329 g/mol. The maximum atomic E-state index is 12.5. The second kappa shape index (κ2) is 6.69. The molecule has 0 saturated carbocycles. The number of rotatable bonds is 5. The van der Waals surface area contributed by atoms with Crippen LogP contribution in [0.2, 0.25) is 0 Å².